The number of rotatable bonds is 8. The van der Waals surface area contributed by atoms with Crippen LogP contribution in [0.25, 0.3) is 11.0 Å². The highest BCUT2D eigenvalue weighted by molar-refractivity contribution is 6.30. The lowest BCUT2D eigenvalue weighted by Crippen LogP contribution is -2.56. The lowest BCUT2D eigenvalue weighted by atomic mass is 9.84. The summed E-state index contributed by atoms with van der Waals surface area (Å²) in [6, 6.07) is 11.0. The Kier molecular flexibility index (Phi) is 8.54. The predicted molar refractivity (Wildman–Crippen MR) is 155 cm³/mol. The van der Waals surface area contributed by atoms with Gasteiger partial charge in [-0.05, 0) is 53.6 Å². The fourth-order valence-corrected chi connectivity index (χ4v) is 5.51. The minimum atomic E-state index is -0.519. The Morgan fingerprint density at radius 2 is 1.85 bits per heavy atom. The number of carbonyl (C=O) groups excluding carboxylic acids is 2. The van der Waals surface area contributed by atoms with Crippen LogP contribution in [0.4, 0.5) is 0 Å². The van der Waals surface area contributed by atoms with Gasteiger partial charge in [-0.2, -0.15) is 0 Å². The van der Waals surface area contributed by atoms with E-state index in [-0.39, 0.29) is 23.4 Å². The molecule has 1 N–H and O–H groups in total. The van der Waals surface area contributed by atoms with Gasteiger partial charge in [0.15, 0.2) is 0 Å². The topological polar surface area (TPSA) is 96.8 Å². The second-order valence-electron chi connectivity index (χ2n) is 11.5. The number of pyridine rings is 2. The molecule has 212 valence electrons. The van der Waals surface area contributed by atoms with Gasteiger partial charge in [0.1, 0.15) is 17.8 Å². The average molecular weight is 566 g/mol. The van der Waals surface area contributed by atoms with Crippen molar-refractivity contribution in [2.75, 3.05) is 45.9 Å². The van der Waals surface area contributed by atoms with Gasteiger partial charge in [-0.3, -0.25) is 23.9 Å². The molecule has 9 nitrogen and oxygen atoms in total. The number of aromatic nitrogens is 2. The van der Waals surface area contributed by atoms with Crippen molar-refractivity contribution in [3.05, 3.63) is 74.7 Å². The minimum absolute atomic E-state index is 0.00229. The van der Waals surface area contributed by atoms with Gasteiger partial charge in [0.25, 0.3) is 11.5 Å². The maximum atomic E-state index is 13.6. The third-order valence-corrected chi connectivity index (χ3v) is 7.70. The second-order valence-corrected chi connectivity index (χ2v) is 11.9. The molecule has 0 atom stereocenters. The van der Waals surface area contributed by atoms with Crippen molar-refractivity contribution in [2.24, 2.45) is 5.41 Å². The molecule has 2 amide bonds. The first kappa shape index (κ1) is 28.3. The molecule has 3 aromatic rings. The number of amides is 2. The van der Waals surface area contributed by atoms with Crippen molar-refractivity contribution < 1.29 is 14.3 Å². The molecule has 0 unspecified atom stereocenters. The number of nitrogens with one attached hydrogen (secondary N) is 1. The molecule has 2 saturated heterocycles. The Hall–Kier alpha value is -3.27. The Morgan fingerprint density at radius 1 is 1.07 bits per heavy atom. The van der Waals surface area contributed by atoms with Crippen molar-refractivity contribution in [1.29, 1.82) is 0 Å². The van der Waals surface area contributed by atoms with Gasteiger partial charge in [-0.25, -0.2) is 4.98 Å². The SMILES string of the molecule is CC1(C)CN(C(=O)Cn2c(=O)c(C(=O)NCCc3ccc(Cl)cc3)cc3cc(CN4CCCOCC4)cnc32)C1. The van der Waals surface area contributed by atoms with Gasteiger partial charge in [-0.15, -0.1) is 0 Å². The maximum absolute atomic E-state index is 13.6. The Bertz CT molecular complexity index is 1440. The molecule has 1 aromatic carbocycles. The summed E-state index contributed by atoms with van der Waals surface area (Å²) in [5.74, 6) is -0.624. The van der Waals surface area contributed by atoms with E-state index < -0.39 is 11.5 Å². The maximum Gasteiger partial charge on any atom is 0.265 e. The van der Waals surface area contributed by atoms with Crippen LogP contribution in [0.1, 0.15) is 41.8 Å². The van der Waals surface area contributed by atoms with E-state index in [4.69, 9.17) is 16.3 Å². The molecule has 40 heavy (non-hydrogen) atoms. The predicted octanol–water partition coefficient (Wildman–Crippen LogP) is 3.11. The van der Waals surface area contributed by atoms with E-state index in [1.807, 2.05) is 18.2 Å². The van der Waals surface area contributed by atoms with Crippen molar-refractivity contribution in [2.45, 2.75) is 39.8 Å². The summed E-state index contributed by atoms with van der Waals surface area (Å²) in [5, 5.41) is 4.17. The van der Waals surface area contributed by atoms with Gasteiger partial charge in [0, 0.05) is 62.5 Å². The van der Waals surface area contributed by atoms with Gasteiger partial charge < -0.3 is 15.0 Å². The van der Waals surface area contributed by atoms with Crippen molar-refractivity contribution in [1.82, 2.24) is 24.7 Å². The smallest absolute Gasteiger partial charge is 0.265 e. The number of nitrogens with zero attached hydrogens (tertiary/aromatic N) is 4. The summed E-state index contributed by atoms with van der Waals surface area (Å²) >= 11 is 5.96. The molecule has 2 aliphatic heterocycles. The van der Waals surface area contributed by atoms with Crippen molar-refractivity contribution in [3.63, 3.8) is 0 Å². The zero-order valence-corrected chi connectivity index (χ0v) is 23.9. The highest BCUT2D eigenvalue weighted by Crippen LogP contribution is 2.29. The van der Waals surface area contributed by atoms with Crippen LogP contribution in [-0.2, 0) is 29.0 Å². The van der Waals surface area contributed by atoms with E-state index >= 15 is 0 Å². The summed E-state index contributed by atoms with van der Waals surface area (Å²) in [6.07, 6.45) is 3.32. The molecule has 0 radical (unpaired) electrons. The quantitative estimate of drug-likeness (QED) is 0.451. The van der Waals surface area contributed by atoms with Gasteiger partial charge in [-0.1, -0.05) is 37.6 Å². The van der Waals surface area contributed by atoms with Crippen LogP contribution >= 0.6 is 11.6 Å². The van der Waals surface area contributed by atoms with E-state index in [1.54, 1.807) is 29.3 Å². The molecule has 2 aromatic heterocycles. The van der Waals surface area contributed by atoms with E-state index in [9.17, 15) is 14.4 Å². The highest BCUT2D eigenvalue weighted by atomic mass is 35.5. The zero-order chi connectivity index (χ0) is 28.3. The van der Waals surface area contributed by atoms with Gasteiger partial charge >= 0.3 is 0 Å². The second kappa shape index (κ2) is 12.1. The summed E-state index contributed by atoms with van der Waals surface area (Å²) in [4.78, 5) is 48.6. The molecule has 0 bridgehead atoms. The fourth-order valence-electron chi connectivity index (χ4n) is 5.39. The van der Waals surface area contributed by atoms with E-state index in [0.29, 0.717) is 55.3 Å². The number of benzene rings is 1. The molecule has 0 aliphatic carbocycles. The van der Waals surface area contributed by atoms with Crippen LogP contribution in [0.2, 0.25) is 5.02 Å². The third kappa shape index (κ3) is 6.71. The number of likely N-dealkylation sites (tertiary alicyclic amines) is 1. The zero-order valence-electron chi connectivity index (χ0n) is 23.1. The number of halogens is 1. The van der Waals surface area contributed by atoms with E-state index in [0.717, 1.165) is 37.2 Å². The normalized spacial score (nSPS) is 17.3. The molecule has 4 heterocycles. The standard InChI is InChI=1S/C30H36ClN5O4/c1-30(2)19-35(20-30)26(37)18-36-27-23(14-22(16-33-27)17-34-10-3-12-40-13-11-34)15-25(29(36)39)28(38)32-9-8-21-4-6-24(31)7-5-21/h4-7,14-16H,3,8-13,17-20H2,1-2H3,(H,32,38). The van der Waals surface area contributed by atoms with Crippen LogP contribution in [-0.4, -0.2) is 77.1 Å². The third-order valence-electron chi connectivity index (χ3n) is 7.44. The van der Waals surface area contributed by atoms with Crippen LogP contribution in [0.15, 0.2) is 47.4 Å². The fraction of sp³-hybridized carbons (Fsp3) is 0.467. The molecule has 5 rings (SSSR count). The van der Waals surface area contributed by atoms with E-state index in [2.05, 4.69) is 29.0 Å². The number of hydrogen-bond donors (Lipinski definition) is 1. The van der Waals surface area contributed by atoms with Crippen LogP contribution < -0.4 is 10.9 Å². The average Bonchev–Trinajstić information content (AvgIpc) is 3.18. The van der Waals surface area contributed by atoms with Gasteiger partial charge in [0.2, 0.25) is 5.91 Å². The first-order valence-corrected chi connectivity index (χ1v) is 14.2. The first-order valence-electron chi connectivity index (χ1n) is 13.8. The Labute approximate surface area is 239 Å². The number of ether oxygens (including phenoxy) is 1. The van der Waals surface area contributed by atoms with Crippen LogP contribution in [0.5, 0.6) is 0 Å². The minimum Gasteiger partial charge on any atom is -0.380 e. The molecule has 2 fully saturated rings. The number of hydrogen-bond acceptors (Lipinski definition) is 6. The molecule has 10 heteroatoms. The number of fused-ring (bicyclic) bond motifs is 1. The monoisotopic (exact) mass is 565 g/mol. The number of carbonyl (C=O) groups is 2. The van der Waals surface area contributed by atoms with Crippen molar-refractivity contribution in [3.8, 4) is 0 Å². The summed E-state index contributed by atoms with van der Waals surface area (Å²) < 4.78 is 6.92. The first-order chi connectivity index (χ1) is 19.2. The lowest BCUT2D eigenvalue weighted by Gasteiger charge is -2.45. The van der Waals surface area contributed by atoms with Gasteiger partial charge in [0.05, 0.1) is 6.61 Å². The molecular formula is C30H36ClN5O4. The van der Waals surface area contributed by atoms with Crippen LogP contribution in [0, 0.1) is 5.41 Å². The van der Waals surface area contributed by atoms with Crippen LogP contribution in [0.3, 0.4) is 0 Å². The van der Waals surface area contributed by atoms with E-state index in [1.165, 1.54) is 4.57 Å². The summed E-state index contributed by atoms with van der Waals surface area (Å²) in [5.41, 5.74) is 1.96. The molecule has 0 saturated carbocycles. The lowest BCUT2D eigenvalue weighted by molar-refractivity contribution is -0.142. The van der Waals surface area contributed by atoms with Crippen molar-refractivity contribution >= 4 is 34.4 Å². The molecule has 0 spiro atoms. The highest BCUT2D eigenvalue weighted by Gasteiger charge is 2.37. The Balaban J connectivity index is 1.41. The molecule has 2 aliphatic rings. The largest absolute Gasteiger partial charge is 0.380 e. The summed E-state index contributed by atoms with van der Waals surface area (Å²) in [7, 11) is 0. The Morgan fingerprint density at radius 3 is 2.60 bits per heavy atom. The molecular weight excluding hydrogens is 530 g/mol. The summed E-state index contributed by atoms with van der Waals surface area (Å²) in [6.45, 7) is 9.59.